The van der Waals surface area contributed by atoms with Crippen LogP contribution in [0.25, 0.3) is 0 Å². The van der Waals surface area contributed by atoms with Crippen molar-refractivity contribution in [3.8, 4) is 5.75 Å². The van der Waals surface area contributed by atoms with E-state index in [1.807, 2.05) is 12.1 Å². The fourth-order valence-corrected chi connectivity index (χ4v) is 3.26. The highest BCUT2D eigenvalue weighted by Gasteiger charge is 2.22. The van der Waals surface area contributed by atoms with Crippen LogP contribution in [0.4, 0.5) is 4.39 Å². The van der Waals surface area contributed by atoms with Gasteiger partial charge in [0.1, 0.15) is 17.7 Å². The molecule has 1 aromatic carbocycles. The minimum atomic E-state index is -0.204. The number of ether oxygens (including phenoxy) is 1. The van der Waals surface area contributed by atoms with E-state index in [0.29, 0.717) is 0 Å². The summed E-state index contributed by atoms with van der Waals surface area (Å²) in [7, 11) is 0. The highest BCUT2D eigenvalue weighted by Crippen LogP contribution is 2.29. The van der Waals surface area contributed by atoms with Crippen molar-refractivity contribution in [2.24, 2.45) is 0 Å². The van der Waals surface area contributed by atoms with Gasteiger partial charge in [-0.3, -0.25) is 0 Å². The first-order chi connectivity index (χ1) is 9.20. The first-order valence-electron chi connectivity index (χ1n) is 6.11. The third-order valence-corrected chi connectivity index (χ3v) is 4.29. The monoisotopic (exact) mass is 297 g/mol. The van der Waals surface area contributed by atoms with Gasteiger partial charge in [-0.05, 0) is 30.3 Å². The van der Waals surface area contributed by atoms with Crippen LogP contribution in [0.1, 0.15) is 10.4 Å². The summed E-state index contributed by atoms with van der Waals surface area (Å²) in [5.74, 6) is 0.594. The van der Waals surface area contributed by atoms with E-state index in [1.54, 1.807) is 23.5 Å². The molecule has 2 nitrogen and oxygen atoms in total. The average Bonchev–Trinajstić information content (AvgIpc) is 2.95. The number of hydrogen-bond acceptors (Lipinski definition) is 3. The molecule has 1 aliphatic rings. The third kappa shape index (κ3) is 3.08. The molecule has 3 rings (SSSR count). The van der Waals surface area contributed by atoms with Crippen molar-refractivity contribution in [1.29, 1.82) is 0 Å². The van der Waals surface area contributed by atoms with Crippen LogP contribution in [0.5, 0.6) is 5.75 Å². The number of nitrogens with one attached hydrogen (secondary N) is 1. The maximum atomic E-state index is 13.1. The van der Waals surface area contributed by atoms with E-state index in [-0.39, 0.29) is 11.9 Å². The lowest BCUT2D eigenvalue weighted by Crippen LogP contribution is -2.29. The van der Waals surface area contributed by atoms with E-state index >= 15 is 0 Å². The molecule has 5 heteroatoms. The van der Waals surface area contributed by atoms with Crippen LogP contribution in [-0.2, 0) is 13.0 Å². The summed E-state index contributed by atoms with van der Waals surface area (Å²) in [5.41, 5.74) is 0.950. The number of fused-ring (bicyclic) bond motifs is 1. The molecular weight excluding hydrogens is 285 g/mol. The lowest BCUT2D eigenvalue weighted by molar-refractivity contribution is 0.227. The van der Waals surface area contributed by atoms with Gasteiger partial charge in [0, 0.05) is 30.0 Å². The molecule has 1 atom stereocenters. The first-order valence-corrected chi connectivity index (χ1v) is 7.30. The van der Waals surface area contributed by atoms with Gasteiger partial charge >= 0.3 is 0 Å². The van der Waals surface area contributed by atoms with E-state index in [0.717, 1.165) is 35.2 Å². The highest BCUT2D eigenvalue weighted by molar-refractivity contribution is 7.16. The van der Waals surface area contributed by atoms with Gasteiger partial charge in [0.15, 0.2) is 0 Å². The second-order valence-electron chi connectivity index (χ2n) is 4.53. The Kier molecular flexibility index (Phi) is 3.73. The van der Waals surface area contributed by atoms with Crippen LogP contribution in [-0.4, -0.2) is 12.6 Å². The van der Waals surface area contributed by atoms with E-state index in [2.05, 4.69) is 5.32 Å². The van der Waals surface area contributed by atoms with Crippen molar-refractivity contribution < 1.29 is 9.13 Å². The van der Waals surface area contributed by atoms with Gasteiger partial charge in [-0.25, -0.2) is 4.39 Å². The SMILES string of the molecule is Fc1ccc2c(c1)CC(CNCc1ccc(Cl)s1)O2. The van der Waals surface area contributed by atoms with Crippen LogP contribution in [0, 0.1) is 5.82 Å². The zero-order valence-corrected chi connectivity index (χ0v) is 11.7. The molecule has 0 bridgehead atoms. The van der Waals surface area contributed by atoms with Gasteiger partial charge in [-0.2, -0.15) is 0 Å². The van der Waals surface area contributed by atoms with Crippen molar-refractivity contribution in [1.82, 2.24) is 5.32 Å². The lowest BCUT2D eigenvalue weighted by atomic mass is 10.1. The Morgan fingerprint density at radius 1 is 1.37 bits per heavy atom. The van der Waals surface area contributed by atoms with Gasteiger partial charge in [0.2, 0.25) is 0 Å². The Hall–Kier alpha value is -1.10. The topological polar surface area (TPSA) is 21.3 Å². The van der Waals surface area contributed by atoms with Crippen molar-refractivity contribution >= 4 is 22.9 Å². The summed E-state index contributed by atoms with van der Waals surface area (Å²) >= 11 is 7.44. The van der Waals surface area contributed by atoms with E-state index in [9.17, 15) is 4.39 Å². The molecule has 0 radical (unpaired) electrons. The molecule has 19 heavy (non-hydrogen) atoms. The molecule has 100 valence electrons. The maximum Gasteiger partial charge on any atom is 0.123 e. The smallest absolute Gasteiger partial charge is 0.123 e. The molecule has 0 saturated carbocycles. The largest absolute Gasteiger partial charge is 0.488 e. The Bertz CT molecular complexity index is 587. The molecule has 0 fully saturated rings. The molecular formula is C14H13ClFNOS. The number of hydrogen-bond donors (Lipinski definition) is 1. The van der Waals surface area contributed by atoms with Gasteiger partial charge in [-0.15, -0.1) is 11.3 Å². The molecule has 1 unspecified atom stereocenters. The molecule has 2 aromatic rings. The lowest BCUT2D eigenvalue weighted by Gasteiger charge is -2.11. The molecule has 0 spiro atoms. The summed E-state index contributed by atoms with van der Waals surface area (Å²) in [6, 6.07) is 8.59. The van der Waals surface area contributed by atoms with Crippen LogP contribution in [0.15, 0.2) is 30.3 Å². The van der Waals surface area contributed by atoms with Gasteiger partial charge in [0.25, 0.3) is 0 Å². The van der Waals surface area contributed by atoms with Gasteiger partial charge < -0.3 is 10.1 Å². The molecule has 1 aromatic heterocycles. The Morgan fingerprint density at radius 3 is 3.05 bits per heavy atom. The second-order valence-corrected chi connectivity index (χ2v) is 6.33. The molecule has 2 heterocycles. The Labute approximate surface area is 120 Å². The first kappa shape index (κ1) is 12.9. The minimum absolute atomic E-state index is 0.0761. The van der Waals surface area contributed by atoms with Crippen molar-refractivity contribution in [3.05, 3.63) is 50.9 Å². The van der Waals surface area contributed by atoms with Crippen LogP contribution in [0.2, 0.25) is 4.34 Å². The van der Waals surface area contributed by atoms with Crippen LogP contribution < -0.4 is 10.1 Å². The summed E-state index contributed by atoms with van der Waals surface area (Å²) in [5, 5.41) is 3.34. The van der Waals surface area contributed by atoms with Crippen LogP contribution in [0.3, 0.4) is 0 Å². The number of rotatable bonds is 4. The number of benzene rings is 1. The summed E-state index contributed by atoms with van der Waals surface area (Å²) in [6.07, 6.45) is 0.831. The molecule has 1 aliphatic heterocycles. The quantitative estimate of drug-likeness (QED) is 0.930. The third-order valence-electron chi connectivity index (χ3n) is 3.06. The standard InChI is InChI=1S/C14H13ClFNOS/c15-14-4-2-12(19-14)8-17-7-11-6-9-5-10(16)1-3-13(9)18-11/h1-5,11,17H,6-8H2. The summed E-state index contributed by atoms with van der Waals surface area (Å²) in [4.78, 5) is 1.20. The number of thiophene rings is 1. The minimum Gasteiger partial charge on any atom is -0.488 e. The normalized spacial score (nSPS) is 17.3. The molecule has 0 saturated heterocycles. The molecule has 0 aliphatic carbocycles. The maximum absolute atomic E-state index is 13.1. The summed E-state index contributed by atoms with van der Waals surface area (Å²) < 4.78 is 19.6. The van der Waals surface area contributed by atoms with E-state index in [1.165, 1.54) is 10.9 Å². The molecule has 1 N–H and O–H groups in total. The van der Waals surface area contributed by atoms with Gasteiger partial charge in [0.05, 0.1) is 4.34 Å². The van der Waals surface area contributed by atoms with Crippen molar-refractivity contribution in [3.63, 3.8) is 0 Å². The van der Waals surface area contributed by atoms with Gasteiger partial charge in [-0.1, -0.05) is 11.6 Å². The fourth-order valence-electron chi connectivity index (χ4n) is 2.21. The Morgan fingerprint density at radius 2 is 2.26 bits per heavy atom. The summed E-state index contributed by atoms with van der Waals surface area (Å²) in [6.45, 7) is 1.52. The predicted octanol–water partition coefficient (Wildman–Crippen LogP) is 3.63. The van der Waals surface area contributed by atoms with Crippen LogP contribution >= 0.6 is 22.9 Å². The average molecular weight is 298 g/mol. The van der Waals surface area contributed by atoms with E-state index < -0.39 is 0 Å². The zero-order valence-electron chi connectivity index (χ0n) is 10.2. The Balaban J connectivity index is 1.51. The predicted molar refractivity (Wildman–Crippen MR) is 75.6 cm³/mol. The highest BCUT2D eigenvalue weighted by atomic mass is 35.5. The number of halogens is 2. The molecule has 0 amide bonds. The zero-order chi connectivity index (χ0) is 13.2. The second kappa shape index (κ2) is 5.49. The fraction of sp³-hybridized carbons (Fsp3) is 0.286. The van der Waals surface area contributed by atoms with E-state index in [4.69, 9.17) is 16.3 Å². The van der Waals surface area contributed by atoms with Crippen molar-refractivity contribution in [2.45, 2.75) is 19.1 Å². The van der Waals surface area contributed by atoms with Crippen molar-refractivity contribution in [2.75, 3.05) is 6.54 Å².